The molecule has 2 heterocycles. The lowest BCUT2D eigenvalue weighted by Gasteiger charge is -2.33. The summed E-state index contributed by atoms with van der Waals surface area (Å²) in [4.78, 5) is 26.8. The third-order valence-corrected chi connectivity index (χ3v) is 4.72. The van der Waals surface area contributed by atoms with Crippen LogP contribution in [-0.4, -0.2) is 30.5 Å². The topological polar surface area (TPSA) is 59.8 Å². The Morgan fingerprint density at radius 2 is 1.88 bits per heavy atom. The maximum Gasteiger partial charge on any atom is 0.349 e. The molecule has 0 bridgehead atoms. The van der Waals surface area contributed by atoms with Crippen LogP contribution in [0.1, 0.15) is 22.0 Å². The van der Waals surface area contributed by atoms with Crippen LogP contribution in [0.2, 0.25) is 5.02 Å². The Morgan fingerprint density at radius 1 is 1.12 bits per heavy atom. The van der Waals surface area contributed by atoms with Crippen LogP contribution in [0.15, 0.2) is 63.8 Å². The third kappa shape index (κ3) is 3.23. The molecule has 1 saturated heterocycles. The number of morpholine rings is 1. The fourth-order valence-corrected chi connectivity index (χ4v) is 3.22. The van der Waals surface area contributed by atoms with Crippen molar-refractivity contribution in [3.8, 4) is 0 Å². The summed E-state index contributed by atoms with van der Waals surface area (Å²) in [6, 6.07) is 16.1. The summed E-state index contributed by atoms with van der Waals surface area (Å²) >= 11 is 5.92. The number of rotatable bonds is 2. The van der Waals surface area contributed by atoms with E-state index in [9.17, 15) is 9.59 Å². The molecular formula is C20H16ClNO4. The summed E-state index contributed by atoms with van der Waals surface area (Å²) in [6.45, 7) is 1.19. The molecule has 1 aromatic heterocycles. The summed E-state index contributed by atoms with van der Waals surface area (Å²) in [5, 5.41) is 1.37. The molecule has 3 aromatic rings. The normalized spacial score (nSPS) is 17.4. The van der Waals surface area contributed by atoms with Crippen molar-refractivity contribution >= 4 is 28.5 Å². The summed E-state index contributed by atoms with van der Waals surface area (Å²) in [6.07, 6.45) is -0.252. The van der Waals surface area contributed by atoms with Crippen molar-refractivity contribution < 1.29 is 13.9 Å². The highest BCUT2D eigenvalue weighted by molar-refractivity contribution is 6.30. The number of benzene rings is 2. The fourth-order valence-electron chi connectivity index (χ4n) is 3.09. The van der Waals surface area contributed by atoms with Crippen molar-refractivity contribution in [1.82, 2.24) is 4.90 Å². The van der Waals surface area contributed by atoms with Crippen LogP contribution in [0.4, 0.5) is 0 Å². The highest BCUT2D eigenvalue weighted by Gasteiger charge is 2.28. The van der Waals surface area contributed by atoms with E-state index in [4.69, 9.17) is 20.8 Å². The summed E-state index contributed by atoms with van der Waals surface area (Å²) < 4.78 is 11.1. The molecular weight excluding hydrogens is 354 g/mol. The van der Waals surface area contributed by atoms with Gasteiger partial charge in [-0.2, -0.15) is 0 Å². The van der Waals surface area contributed by atoms with Gasteiger partial charge in [0, 0.05) is 17.0 Å². The average Bonchev–Trinajstić information content (AvgIpc) is 2.67. The van der Waals surface area contributed by atoms with E-state index in [1.54, 1.807) is 35.2 Å². The van der Waals surface area contributed by atoms with Crippen LogP contribution in [-0.2, 0) is 4.74 Å². The Bertz CT molecular complexity index is 1010. The number of ether oxygens (including phenoxy) is 1. The van der Waals surface area contributed by atoms with Crippen molar-refractivity contribution in [2.24, 2.45) is 0 Å². The van der Waals surface area contributed by atoms with Crippen molar-refractivity contribution in [2.45, 2.75) is 6.10 Å². The Hall–Kier alpha value is -2.63. The molecule has 1 fully saturated rings. The molecule has 0 aliphatic carbocycles. The number of carbonyl (C=O) groups is 1. The molecule has 1 amide bonds. The van der Waals surface area contributed by atoms with E-state index in [1.165, 1.54) is 0 Å². The van der Waals surface area contributed by atoms with Crippen molar-refractivity contribution in [3.05, 3.63) is 81.2 Å². The van der Waals surface area contributed by atoms with Gasteiger partial charge < -0.3 is 14.1 Å². The van der Waals surface area contributed by atoms with Crippen LogP contribution >= 0.6 is 11.6 Å². The van der Waals surface area contributed by atoms with E-state index in [1.807, 2.05) is 24.3 Å². The first kappa shape index (κ1) is 16.8. The maximum atomic E-state index is 12.9. The fraction of sp³-hybridized carbons (Fsp3) is 0.200. The zero-order chi connectivity index (χ0) is 18.1. The van der Waals surface area contributed by atoms with Gasteiger partial charge >= 0.3 is 5.63 Å². The lowest BCUT2D eigenvalue weighted by molar-refractivity contribution is -0.0229. The number of para-hydroxylation sites is 1. The van der Waals surface area contributed by atoms with Gasteiger partial charge in [0.15, 0.2) is 0 Å². The molecule has 0 N–H and O–H groups in total. The van der Waals surface area contributed by atoms with Crippen molar-refractivity contribution in [2.75, 3.05) is 19.7 Å². The molecule has 1 aliphatic rings. The second-order valence-corrected chi connectivity index (χ2v) is 6.58. The molecule has 2 aromatic carbocycles. The van der Waals surface area contributed by atoms with E-state index < -0.39 is 5.63 Å². The van der Waals surface area contributed by atoms with Gasteiger partial charge in [0.25, 0.3) is 5.91 Å². The zero-order valence-corrected chi connectivity index (χ0v) is 14.6. The Morgan fingerprint density at radius 3 is 2.69 bits per heavy atom. The van der Waals surface area contributed by atoms with Crippen LogP contribution in [0.3, 0.4) is 0 Å². The van der Waals surface area contributed by atoms with E-state index in [-0.39, 0.29) is 17.6 Å². The van der Waals surface area contributed by atoms with Gasteiger partial charge in [-0.25, -0.2) is 4.79 Å². The van der Waals surface area contributed by atoms with Gasteiger partial charge in [0.2, 0.25) is 0 Å². The van der Waals surface area contributed by atoms with Gasteiger partial charge in [-0.3, -0.25) is 4.79 Å². The van der Waals surface area contributed by atoms with Gasteiger partial charge in [-0.1, -0.05) is 41.9 Å². The molecule has 1 atom stereocenters. The minimum atomic E-state index is -0.622. The number of hydrogen-bond donors (Lipinski definition) is 0. The average molecular weight is 370 g/mol. The molecule has 0 radical (unpaired) electrons. The molecule has 132 valence electrons. The van der Waals surface area contributed by atoms with Gasteiger partial charge in [-0.05, 0) is 29.8 Å². The molecule has 1 aliphatic heterocycles. The number of nitrogens with zero attached hydrogens (tertiary/aromatic N) is 1. The zero-order valence-electron chi connectivity index (χ0n) is 13.9. The molecule has 0 spiro atoms. The molecule has 5 nitrogen and oxygen atoms in total. The summed E-state index contributed by atoms with van der Waals surface area (Å²) in [5.74, 6) is -0.341. The largest absolute Gasteiger partial charge is 0.422 e. The predicted molar refractivity (Wildman–Crippen MR) is 98.5 cm³/mol. The van der Waals surface area contributed by atoms with Gasteiger partial charge in [-0.15, -0.1) is 0 Å². The maximum absolute atomic E-state index is 12.9. The van der Waals surface area contributed by atoms with E-state index >= 15 is 0 Å². The molecule has 1 unspecified atom stereocenters. The number of halogens is 1. The van der Waals surface area contributed by atoms with Gasteiger partial charge in [0.1, 0.15) is 17.3 Å². The Labute approximate surface area is 154 Å². The quantitative estimate of drug-likeness (QED) is 0.647. The first-order valence-corrected chi connectivity index (χ1v) is 8.69. The summed E-state index contributed by atoms with van der Waals surface area (Å²) in [5.41, 5.74) is 0.830. The highest BCUT2D eigenvalue weighted by atomic mass is 35.5. The second kappa shape index (κ2) is 6.94. The van der Waals surface area contributed by atoms with E-state index in [0.29, 0.717) is 30.3 Å². The Kier molecular flexibility index (Phi) is 4.49. The van der Waals surface area contributed by atoms with Crippen LogP contribution in [0.5, 0.6) is 0 Å². The first-order valence-electron chi connectivity index (χ1n) is 8.31. The van der Waals surface area contributed by atoms with E-state index in [2.05, 4.69) is 0 Å². The van der Waals surface area contributed by atoms with Gasteiger partial charge in [0.05, 0.1) is 13.2 Å². The lowest BCUT2D eigenvalue weighted by atomic mass is 10.1. The molecule has 26 heavy (non-hydrogen) atoms. The standard InChI is InChI=1S/C20H16ClNO4/c21-15-7-5-13(6-8-15)18-12-22(9-10-25-18)19(23)16-11-14-3-1-2-4-17(14)26-20(16)24/h1-8,11,18H,9-10,12H2. The molecule has 6 heteroatoms. The minimum Gasteiger partial charge on any atom is -0.422 e. The van der Waals surface area contributed by atoms with E-state index in [0.717, 1.165) is 10.9 Å². The third-order valence-electron chi connectivity index (χ3n) is 4.47. The minimum absolute atomic E-state index is 0.0421. The number of hydrogen-bond acceptors (Lipinski definition) is 4. The number of fused-ring (bicyclic) bond motifs is 1. The monoisotopic (exact) mass is 369 g/mol. The van der Waals surface area contributed by atoms with Crippen molar-refractivity contribution in [1.29, 1.82) is 0 Å². The van der Waals surface area contributed by atoms with Crippen molar-refractivity contribution in [3.63, 3.8) is 0 Å². The number of amides is 1. The first-order chi connectivity index (χ1) is 12.6. The highest BCUT2D eigenvalue weighted by Crippen LogP contribution is 2.24. The van der Waals surface area contributed by atoms with Crippen LogP contribution < -0.4 is 5.63 Å². The molecule has 0 saturated carbocycles. The van der Waals surface area contributed by atoms with Crippen LogP contribution in [0, 0.1) is 0 Å². The predicted octanol–water partition coefficient (Wildman–Crippen LogP) is 3.66. The lowest BCUT2D eigenvalue weighted by Crippen LogP contribution is -2.43. The second-order valence-electron chi connectivity index (χ2n) is 6.15. The van der Waals surface area contributed by atoms with Crippen LogP contribution in [0.25, 0.3) is 11.0 Å². The Balaban J connectivity index is 1.60. The SMILES string of the molecule is O=C(c1cc2ccccc2oc1=O)N1CCOC(c2ccc(Cl)cc2)C1. The summed E-state index contributed by atoms with van der Waals surface area (Å²) in [7, 11) is 0. The molecule has 4 rings (SSSR count). The smallest absolute Gasteiger partial charge is 0.349 e. The number of carbonyl (C=O) groups excluding carboxylic acids is 1.